The van der Waals surface area contributed by atoms with Crippen molar-refractivity contribution in [2.24, 2.45) is 0 Å². The maximum atomic E-state index is 13.2. The lowest BCUT2D eigenvalue weighted by atomic mass is 9.93. The molecule has 0 atom stereocenters. The summed E-state index contributed by atoms with van der Waals surface area (Å²) in [4.78, 5) is 13.5. The molecule has 0 radical (unpaired) electrons. The van der Waals surface area contributed by atoms with E-state index in [1.54, 1.807) is 23.6 Å². The lowest BCUT2D eigenvalue weighted by molar-refractivity contribution is 0.121. The molecule has 0 saturated carbocycles. The first-order chi connectivity index (χ1) is 11.4. The van der Waals surface area contributed by atoms with Gasteiger partial charge in [-0.1, -0.05) is 20.8 Å². The minimum atomic E-state index is -0.260. The van der Waals surface area contributed by atoms with Gasteiger partial charge in [0.2, 0.25) is 0 Å². The van der Waals surface area contributed by atoms with Crippen molar-refractivity contribution in [3.05, 3.63) is 45.9 Å². The number of hydrogen-bond donors (Lipinski definition) is 0. The van der Waals surface area contributed by atoms with Gasteiger partial charge in [0, 0.05) is 49.7 Å². The Bertz CT molecular complexity index is 672. The molecule has 6 heteroatoms. The Balaban J connectivity index is 1.49. The fourth-order valence-electron chi connectivity index (χ4n) is 2.83. The molecule has 0 aliphatic carbocycles. The maximum absolute atomic E-state index is 13.2. The Morgan fingerprint density at radius 3 is 2.33 bits per heavy atom. The van der Waals surface area contributed by atoms with Gasteiger partial charge in [0.15, 0.2) is 0 Å². The van der Waals surface area contributed by atoms with Gasteiger partial charge in [0.1, 0.15) is 10.8 Å². The lowest BCUT2D eigenvalue weighted by Gasteiger charge is -2.34. The number of rotatable bonds is 4. The minimum Gasteiger partial charge on any atom is -0.296 e. The van der Waals surface area contributed by atoms with E-state index in [4.69, 9.17) is 4.98 Å². The Morgan fingerprint density at radius 2 is 1.75 bits per heavy atom. The van der Waals surface area contributed by atoms with Crippen LogP contribution in [0, 0.1) is 5.82 Å². The number of aromatic nitrogens is 2. The van der Waals surface area contributed by atoms with E-state index in [2.05, 4.69) is 40.9 Å². The molecule has 0 amide bonds. The smallest absolute Gasteiger partial charge is 0.141 e. The summed E-state index contributed by atoms with van der Waals surface area (Å²) in [5.74, 6) is -0.260. The van der Waals surface area contributed by atoms with Crippen molar-refractivity contribution >= 4 is 11.3 Å². The van der Waals surface area contributed by atoms with Crippen LogP contribution < -0.4 is 0 Å². The summed E-state index contributed by atoms with van der Waals surface area (Å²) in [7, 11) is 0. The summed E-state index contributed by atoms with van der Waals surface area (Å²) in [5.41, 5.74) is 2.24. The van der Waals surface area contributed by atoms with Gasteiger partial charge in [0.05, 0.1) is 18.4 Å². The number of hydrogen-bond acceptors (Lipinski definition) is 5. The molecule has 1 saturated heterocycles. The van der Waals surface area contributed by atoms with E-state index in [-0.39, 0.29) is 11.2 Å². The quantitative estimate of drug-likeness (QED) is 0.849. The second kappa shape index (κ2) is 7.25. The van der Waals surface area contributed by atoms with Crippen LogP contribution >= 0.6 is 11.3 Å². The van der Waals surface area contributed by atoms with E-state index in [1.165, 1.54) is 16.9 Å². The van der Waals surface area contributed by atoms with Crippen LogP contribution in [0.25, 0.3) is 0 Å². The molecule has 130 valence electrons. The second-order valence-electron chi connectivity index (χ2n) is 7.44. The number of halogens is 1. The van der Waals surface area contributed by atoms with Gasteiger partial charge < -0.3 is 0 Å². The van der Waals surface area contributed by atoms with E-state index in [0.717, 1.165) is 44.8 Å². The number of nitrogens with zero attached hydrogens (tertiary/aromatic N) is 4. The summed E-state index contributed by atoms with van der Waals surface area (Å²) in [6, 6.07) is 1.57. The van der Waals surface area contributed by atoms with Crippen molar-refractivity contribution in [2.75, 3.05) is 26.2 Å². The van der Waals surface area contributed by atoms with Crippen LogP contribution in [0.5, 0.6) is 0 Å². The molecular weight excluding hydrogens is 323 g/mol. The first-order valence-electron chi connectivity index (χ1n) is 8.39. The molecule has 1 fully saturated rings. The van der Waals surface area contributed by atoms with Gasteiger partial charge >= 0.3 is 0 Å². The van der Waals surface area contributed by atoms with Crippen molar-refractivity contribution in [2.45, 2.75) is 39.3 Å². The third-order valence-corrected chi connectivity index (χ3v) is 5.15. The zero-order chi connectivity index (χ0) is 17.2. The molecule has 4 nitrogen and oxygen atoms in total. The van der Waals surface area contributed by atoms with Gasteiger partial charge in [0.25, 0.3) is 0 Å². The van der Waals surface area contributed by atoms with Gasteiger partial charge in [-0.3, -0.25) is 14.8 Å². The van der Waals surface area contributed by atoms with E-state index in [0.29, 0.717) is 0 Å². The highest BCUT2D eigenvalue weighted by molar-refractivity contribution is 7.09. The molecule has 0 aromatic carbocycles. The van der Waals surface area contributed by atoms with E-state index in [9.17, 15) is 4.39 Å². The zero-order valence-corrected chi connectivity index (χ0v) is 15.4. The van der Waals surface area contributed by atoms with Crippen LogP contribution in [-0.2, 0) is 18.5 Å². The van der Waals surface area contributed by atoms with E-state index in [1.807, 2.05) is 0 Å². The highest BCUT2D eigenvalue weighted by atomic mass is 32.1. The molecule has 0 N–H and O–H groups in total. The van der Waals surface area contributed by atoms with Gasteiger partial charge in [-0.25, -0.2) is 9.37 Å². The Morgan fingerprint density at radius 1 is 1.08 bits per heavy atom. The van der Waals surface area contributed by atoms with Crippen LogP contribution in [0.1, 0.15) is 37.0 Å². The van der Waals surface area contributed by atoms with E-state index >= 15 is 0 Å². The fraction of sp³-hybridized carbons (Fsp3) is 0.556. The predicted molar refractivity (Wildman–Crippen MR) is 95.6 cm³/mol. The Labute approximate surface area is 147 Å². The first-order valence-corrected chi connectivity index (χ1v) is 9.27. The van der Waals surface area contributed by atoms with Crippen molar-refractivity contribution in [1.82, 2.24) is 19.8 Å². The van der Waals surface area contributed by atoms with Crippen molar-refractivity contribution < 1.29 is 4.39 Å². The van der Waals surface area contributed by atoms with Gasteiger partial charge in [-0.05, 0) is 11.6 Å². The standard InChI is InChI=1S/C18H25FN4S/c1-18(2,3)16-13-24-17(21-16)12-23-6-4-22(5-7-23)11-14-8-15(19)10-20-9-14/h8-10,13H,4-7,11-12H2,1-3H3. The normalized spacial score (nSPS) is 17.3. The van der Waals surface area contributed by atoms with Crippen LogP contribution in [-0.4, -0.2) is 45.9 Å². The van der Waals surface area contributed by atoms with Gasteiger partial charge in [-0.15, -0.1) is 11.3 Å². The van der Waals surface area contributed by atoms with Gasteiger partial charge in [-0.2, -0.15) is 0 Å². The van der Waals surface area contributed by atoms with Crippen molar-refractivity contribution in [3.63, 3.8) is 0 Å². The van der Waals surface area contributed by atoms with Crippen LogP contribution in [0.4, 0.5) is 4.39 Å². The average molecular weight is 348 g/mol. The monoisotopic (exact) mass is 348 g/mol. The fourth-order valence-corrected chi connectivity index (χ4v) is 3.89. The number of pyridine rings is 1. The summed E-state index contributed by atoms with van der Waals surface area (Å²) in [6.45, 7) is 12.3. The van der Waals surface area contributed by atoms with Crippen LogP contribution in [0.2, 0.25) is 0 Å². The summed E-state index contributed by atoms with van der Waals surface area (Å²) in [6.07, 6.45) is 3.00. The molecule has 0 spiro atoms. The first kappa shape index (κ1) is 17.5. The summed E-state index contributed by atoms with van der Waals surface area (Å²) < 4.78 is 13.2. The van der Waals surface area contributed by atoms with E-state index < -0.39 is 0 Å². The predicted octanol–water partition coefficient (Wildman–Crippen LogP) is 3.29. The molecule has 24 heavy (non-hydrogen) atoms. The maximum Gasteiger partial charge on any atom is 0.141 e. The topological polar surface area (TPSA) is 32.3 Å². The zero-order valence-electron chi connectivity index (χ0n) is 14.6. The minimum absolute atomic E-state index is 0.118. The highest BCUT2D eigenvalue weighted by Crippen LogP contribution is 2.24. The number of thiazole rings is 1. The molecule has 0 bridgehead atoms. The second-order valence-corrected chi connectivity index (χ2v) is 8.38. The van der Waals surface area contributed by atoms with Crippen LogP contribution in [0.15, 0.2) is 23.8 Å². The molecule has 1 aliphatic rings. The molecule has 3 rings (SSSR count). The van der Waals surface area contributed by atoms with Crippen molar-refractivity contribution in [1.29, 1.82) is 0 Å². The largest absolute Gasteiger partial charge is 0.296 e. The highest BCUT2D eigenvalue weighted by Gasteiger charge is 2.21. The number of piperazine rings is 1. The Hall–Kier alpha value is -1.37. The third-order valence-electron chi connectivity index (χ3n) is 4.31. The lowest BCUT2D eigenvalue weighted by Crippen LogP contribution is -2.45. The molecule has 1 aliphatic heterocycles. The Kier molecular flexibility index (Phi) is 5.27. The molecular formula is C18H25FN4S. The molecule has 3 heterocycles. The molecule has 0 unspecified atom stereocenters. The molecule has 2 aromatic rings. The van der Waals surface area contributed by atoms with Crippen molar-refractivity contribution in [3.8, 4) is 0 Å². The summed E-state index contributed by atoms with van der Waals surface area (Å²) >= 11 is 1.76. The third kappa shape index (κ3) is 4.59. The summed E-state index contributed by atoms with van der Waals surface area (Å²) in [5, 5.41) is 3.38. The van der Waals surface area contributed by atoms with Crippen LogP contribution in [0.3, 0.4) is 0 Å². The molecule has 2 aromatic heterocycles. The SMILES string of the molecule is CC(C)(C)c1csc(CN2CCN(Cc3cncc(F)c3)CC2)n1. The average Bonchev–Trinajstić information content (AvgIpc) is 2.98.